The summed E-state index contributed by atoms with van der Waals surface area (Å²) in [4.78, 5) is 2.46. The molecule has 1 unspecified atom stereocenters. The highest BCUT2D eigenvalue weighted by atomic mass is 16.6. The molecule has 4 rings (SSSR count). The van der Waals surface area contributed by atoms with Gasteiger partial charge in [0.05, 0.1) is 0 Å². The van der Waals surface area contributed by atoms with Gasteiger partial charge in [-0.2, -0.15) is 0 Å². The van der Waals surface area contributed by atoms with Gasteiger partial charge in [0, 0.05) is 13.1 Å². The lowest BCUT2D eigenvalue weighted by Crippen LogP contribution is -2.44. The van der Waals surface area contributed by atoms with Gasteiger partial charge in [-0.05, 0) is 55.1 Å². The average molecular weight is 325 g/mol. The van der Waals surface area contributed by atoms with Crippen LogP contribution in [0.15, 0.2) is 48.5 Å². The van der Waals surface area contributed by atoms with Gasteiger partial charge in [0.25, 0.3) is 0 Å². The molecule has 2 aromatic carbocycles. The summed E-state index contributed by atoms with van der Waals surface area (Å²) >= 11 is 0. The SMILES string of the molecule is Oc1cccc(C2CCCN(C[C@H]3COc4ccccc4O3)C2)c1. The topological polar surface area (TPSA) is 41.9 Å². The molecular formula is C20H23NO3. The van der Waals surface area contributed by atoms with Crippen molar-refractivity contribution in [1.29, 1.82) is 0 Å². The fraction of sp³-hybridized carbons (Fsp3) is 0.400. The molecule has 2 aromatic rings. The second-order valence-electron chi connectivity index (χ2n) is 6.69. The van der Waals surface area contributed by atoms with Gasteiger partial charge in [-0.1, -0.05) is 24.3 Å². The molecular weight excluding hydrogens is 302 g/mol. The number of nitrogens with zero attached hydrogens (tertiary/aromatic N) is 1. The van der Waals surface area contributed by atoms with E-state index >= 15 is 0 Å². The van der Waals surface area contributed by atoms with E-state index in [0.717, 1.165) is 31.1 Å². The predicted octanol–water partition coefficient (Wildman–Crippen LogP) is 3.41. The highest BCUT2D eigenvalue weighted by Crippen LogP contribution is 2.32. The van der Waals surface area contributed by atoms with Crippen molar-refractivity contribution in [2.75, 3.05) is 26.2 Å². The highest BCUT2D eigenvalue weighted by molar-refractivity contribution is 5.40. The molecule has 0 radical (unpaired) electrons. The van der Waals surface area contributed by atoms with Crippen molar-refractivity contribution in [2.24, 2.45) is 0 Å². The number of hydrogen-bond acceptors (Lipinski definition) is 4. The van der Waals surface area contributed by atoms with Crippen molar-refractivity contribution in [2.45, 2.75) is 24.9 Å². The zero-order chi connectivity index (χ0) is 16.4. The number of benzene rings is 2. The van der Waals surface area contributed by atoms with Gasteiger partial charge >= 0.3 is 0 Å². The minimum atomic E-state index is 0.0721. The zero-order valence-corrected chi connectivity index (χ0v) is 13.7. The van der Waals surface area contributed by atoms with Crippen LogP contribution >= 0.6 is 0 Å². The Morgan fingerprint density at radius 2 is 1.96 bits per heavy atom. The summed E-state index contributed by atoms with van der Waals surface area (Å²) in [5, 5.41) is 9.71. The third kappa shape index (κ3) is 3.34. The average Bonchev–Trinajstić information content (AvgIpc) is 2.62. The largest absolute Gasteiger partial charge is 0.508 e. The van der Waals surface area contributed by atoms with E-state index in [1.54, 1.807) is 6.07 Å². The van der Waals surface area contributed by atoms with Crippen molar-refractivity contribution in [3.05, 3.63) is 54.1 Å². The number of para-hydroxylation sites is 2. The molecule has 2 atom stereocenters. The number of likely N-dealkylation sites (tertiary alicyclic amines) is 1. The van der Waals surface area contributed by atoms with E-state index < -0.39 is 0 Å². The lowest BCUT2D eigenvalue weighted by atomic mass is 9.90. The summed E-state index contributed by atoms with van der Waals surface area (Å²) in [6.07, 6.45) is 2.41. The Labute approximate surface area is 142 Å². The van der Waals surface area contributed by atoms with E-state index in [-0.39, 0.29) is 6.10 Å². The first kappa shape index (κ1) is 15.3. The standard InChI is InChI=1S/C20H23NO3/c22-17-7-3-5-15(11-17)16-6-4-10-21(12-16)13-18-14-23-19-8-1-2-9-20(19)24-18/h1-3,5,7-9,11,16,18,22H,4,6,10,12-14H2/t16?,18-/m0/s1. The number of rotatable bonds is 3. The zero-order valence-electron chi connectivity index (χ0n) is 13.7. The number of ether oxygens (including phenoxy) is 2. The molecule has 1 saturated heterocycles. The van der Waals surface area contributed by atoms with E-state index in [2.05, 4.69) is 11.0 Å². The van der Waals surface area contributed by atoms with Crippen LogP contribution in [0.1, 0.15) is 24.3 Å². The number of phenolic OH excluding ortho intramolecular Hbond substituents is 1. The van der Waals surface area contributed by atoms with Gasteiger partial charge in [-0.15, -0.1) is 0 Å². The van der Waals surface area contributed by atoms with E-state index in [9.17, 15) is 5.11 Å². The van der Waals surface area contributed by atoms with Crippen molar-refractivity contribution in [3.8, 4) is 17.2 Å². The smallest absolute Gasteiger partial charge is 0.161 e. The second-order valence-corrected chi connectivity index (χ2v) is 6.69. The summed E-state index contributed by atoms with van der Waals surface area (Å²) in [5.41, 5.74) is 1.23. The molecule has 4 nitrogen and oxygen atoms in total. The lowest BCUT2D eigenvalue weighted by Gasteiger charge is -2.36. The van der Waals surface area contributed by atoms with Crippen LogP contribution in [0.2, 0.25) is 0 Å². The number of fused-ring (bicyclic) bond motifs is 1. The minimum Gasteiger partial charge on any atom is -0.508 e. The Balaban J connectivity index is 1.39. The van der Waals surface area contributed by atoms with Crippen molar-refractivity contribution in [1.82, 2.24) is 4.90 Å². The number of phenols is 1. The maximum absolute atomic E-state index is 9.71. The molecule has 4 heteroatoms. The van der Waals surface area contributed by atoms with E-state index in [1.165, 1.54) is 18.4 Å². The van der Waals surface area contributed by atoms with Crippen molar-refractivity contribution >= 4 is 0 Å². The summed E-state index contributed by atoms with van der Waals surface area (Å²) in [7, 11) is 0. The number of piperidine rings is 1. The molecule has 2 aliphatic heterocycles. The van der Waals surface area contributed by atoms with Crippen LogP contribution in [-0.4, -0.2) is 42.4 Å². The van der Waals surface area contributed by atoms with Crippen LogP contribution in [-0.2, 0) is 0 Å². The Hall–Kier alpha value is -2.20. The maximum Gasteiger partial charge on any atom is 0.161 e. The Morgan fingerprint density at radius 3 is 2.83 bits per heavy atom. The maximum atomic E-state index is 9.71. The second kappa shape index (κ2) is 6.73. The fourth-order valence-corrected chi connectivity index (χ4v) is 3.71. The number of hydrogen-bond donors (Lipinski definition) is 1. The Morgan fingerprint density at radius 1 is 1.08 bits per heavy atom. The highest BCUT2D eigenvalue weighted by Gasteiger charge is 2.27. The monoisotopic (exact) mass is 325 g/mol. The molecule has 2 aliphatic rings. The van der Waals surface area contributed by atoms with Crippen LogP contribution in [0, 0.1) is 0 Å². The molecule has 126 valence electrons. The van der Waals surface area contributed by atoms with E-state index in [0.29, 0.717) is 18.3 Å². The molecule has 0 bridgehead atoms. The van der Waals surface area contributed by atoms with E-state index in [4.69, 9.17) is 9.47 Å². The van der Waals surface area contributed by atoms with Crippen molar-refractivity contribution < 1.29 is 14.6 Å². The minimum absolute atomic E-state index is 0.0721. The van der Waals surface area contributed by atoms with Gasteiger partial charge < -0.3 is 14.6 Å². The Bertz CT molecular complexity index is 703. The Kier molecular flexibility index (Phi) is 4.30. The third-order valence-corrected chi connectivity index (χ3v) is 4.88. The molecule has 0 aromatic heterocycles. The molecule has 1 N–H and O–H groups in total. The van der Waals surface area contributed by atoms with Crippen LogP contribution in [0.4, 0.5) is 0 Å². The first-order valence-electron chi connectivity index (χ1n) is 8.68. The fourth-order valence-electron chi connectivity index (χ4n) is 3.71. The summed E-state index contributed by atoms with van der Waals surface area (Å²) in [6, 6.07) is 15.5. The first-order valence-corrected chi connectivity index (χ1v) is 8.68. The van der Waals surface area contributed by atoms with Crippen LogP contribution in [0.3, 0.4) is 0 Å². The molecule has 0 amide bonds. The summed E-state index contributed by atoms with van der Waals surface area (Å²) in [5.74, 6) is 2.51. The summed E-state index contributed by atoms with van der Waals surface area (Å²) in [6.45, 7) is 3.58. The van der Waals surface area contributed by atoms with Gasteiger partial charge in [-0.3, -0.25) is 4.90 Å². The quantitative estimate of drug-likeness (QED) is 0.939. The molecule has 2 heterocycles. The van der Waals surface area contributed by atoms with Crippen molar-refractivity contribution in [3.63, 3.8) is 0 Å². The van der Waals surface area contributed by atoms with Crippen LogP contribution < -0.4 is 9.47 Å². The van der Waals surface area contributed by atoms with Gasteiger partial charge in [0.2, 0.25) is 0 Å². The normalized spacial score (nSPS) is 23.8. The third-order valence-electron chi connectivity index (χ3n) is 4.88. The van der Waals surface area contributed by atoms with Crippen LogP contribution in [0.5, 0.6) is 17.2 Å². The molecule has 0 aliphatic carbocycles. The first-order chi connectivity index (χ1) is 11.8. The van der Waals surface area contributed by atoms with Gasteiger partial charge in [0.15, 0.2) is 11.5 Å². The molecule has 1 fully saturated rings. The van der Waals surface area contributed by atoms with Gasteiger partial charge in [-0.25, -0.2) is 0 Å². The predicted molar refractivity (Wildman–Crippen MR) is 92.9 cm³/mol. The molecule has 0 spiro atoms. The number of aromatic hydroxyl groups is 1. The van der Waals surface area contributed by atoms with Gasteiger partial charge in [0.1, 0.15) is 18.5 Å². The van der Waals surface area contributed by atoms with E-state index in [1.807, 2.05) is 36.4 Å². The van der Waals surface area contributed by atoms with Crippen LogP contribution in [0.25, 0.3) is 0 Å². The molecule has 0 saturated carbocycles. The molecule has 24 heavy (non-hydrogen) atoms. The lowest BCUT2D eigenvalue weighted by molar-refractivity contribution is 0.0504. The summed E-state index contributed by atoms with van der Waals surface area (Å²) < 4.78 is 11.9.